The fraction of sp³-hybridized carbons (Fsp3) is 0.265. The molecule has 5 rings (SSSR count). The van der Waals surface area contributed by atoms with Gasteiger partial charge in [-0.05, 0) is 73.7 Å². The molecule has 0 fully saturated rings. The van der Waals surface area contributed by atoms with Crippen LogP contribution in [0.15, 0.2) is 76.9 Å². The van der Waals surface area contributed by atoms with Crippen molar-refractivity contribution in [2.45, 2.75) is 46.5 Å². The van der Waals surface area contributed by atoms with Crippen LogP contribution in [0.2, 0.25) is 0 Å². The Morgan fingerprint density at radius 3 is 2.24 bits per heavy atom. The van der Waals surface area contributed by atoms with Gasteiger partial charge in [-0.15, -0.1) is 0 Å². The van der Waals surface area contributed by atoms with Crippen LogP contribution in [-0.2, 0) is 14.3 Å². The lowest BCUT2D eigenvalue weighted by molar-refractivity contribution is -0.138. The number of benzene rings is 2. The number of H-pyrrole nitrogens is 2. The molecule has 0 aliphatic carbocycles. The Kier molecular flexibility index (Phi) is 8.15. The first-order valence-corrected chi connectivity index (χ1v) is 14.2. The van der Waals surface area contributed by atoms with Crippen LogP contribution < -0.4 is 10.8 Å². The molecule has 216 valence electrons. The Balaban J connectivity index is 1.54. The SMILES string of the molecule is CCOC(=O)C1=C(C)N=c2[nH]c(=Cc3ccc(-c4ccc(C(=O)OCC)cc4)[nH]3)c(O)c2C1c1ccc(C(C)C)cc1. The molecule has 0 saturated heterocycles. The van der Waals surface area contributed by atoms with Gasteiger partial charge >= 0.3 is 11.9 Å². The maximum absolute atomic E-state index is 13.1. The van der Waals surface area contributed by atoms with Crippen molar-refractivity contribution < 1.29 is 24.2 Å². The quantitative estimate of drug-likeness (QED) is 0.246. The number of nitrogens with one attached hydrogen (secondary N) is 2. The van der Waals surface area contributed by atoms with Crippen molar-refractivity contribution >= 4 is 18.0 Å². The first-order chi connectivity index (χ1) is 20.2. The highest BCUT2D eigenvalue weighted by Gasteiger charge is 2.35. The molecular weight excluding hydrogens is 530 g/mol. The highest BCUT2D eigenvalue weighted by Crippen LogP contribution is 2.38. The van der Waals surface area contributed by atoms with Gasteiger partial charge in [-0.2, -0.15) is 0 Å². The molecule has 0 radical (unpaired) electrons. The second-order valence-electron chi connectivity index (χ2n) is 10.5. The van der Waals surface area contributed by atoms with E-state index in [1.54, 1.807) is 39.0 Å². The molecular formula is C34H35N3O5. The van der Waals surface area contributed by atoms with E-state index in [0.717, 1.165) is 22.5 Å². The summed E-state index contributed by atoms with van der Waals surface area (Å²) in [6, 6.07) is 19.1. The van der Waals surface area contributed by atoms with Gasteiger partial charge in [0, 0.05) is 11.4 Å². The van der Waals surface area contributed by atoms with Crippen LogP contribution in [0.1, 0.15) is 79.2 Å². The first-order valence-electron chi connectivity index (χ1n) is 14.2. The number of carbonyl (C=O) groups excluding carboxylic acids is 2. The maximum atomic E-state index is 13.1. The monoisotopic (exact) mass is 565 g/mol. The third kappa shape index (κ3) is 5.52. The molecule has 1 aliphatic rings. The minimum absolute atomic E-state index is 0.0240. The highest BCUT2D eigenvalue weighted by atomic mass is 16.5. The lowest BCUT2D eigenvalue weighted by atomic mass is 9.82. The predicted molar refractivity (Wildman–Crippen MR) is 161 cm³/mol. The number of aromatic nitrogens is 2. The number of aromatic amines is 2. The van der Waals surface area contributed by atoms with E-state index in [-0.39, 0.29) is 18.3 Å². The molecule has 1 aliphatic heterocycles. The van der Waals surface area contributed by atoms with Crippen LogP contribution in [0.4, 0.5) is 0 Å². The number of aromatic hydroxyl groups is 1. The Hall–Kier alpha value is -4.85. The van der Waals surface area contributed by atoms with E-state index in [4.69, 9.17) is 9.47 Å². The van der Waals surface area contributed by atoms with Gasteiger partial charge in [-0.3, -0.25) is 0 Å². The van der Waals surface area contributed by atoms with E-state index in [2.05, 4.69) is 40.9 Å². The zero-order valence-corrected chi connectivity index (χ0v) is 24.4. The molecule has 2 aromatic carbocycles. The fourth-order valence-electron chi connectivity index (χ4n) is 5.26. The van der Waals surface area contributed by atoms with E-state index < -0.39 is 11.9 Å². The molecule has 3 heterocycles. The third-order valence-corrected chi connectivity index (χ3v) is 7.41. The van der Waals surface area contributed by atoms with E-state index in [9.17, 15) is 14.7 Å². The summed E-state index contributed by atoms with van der Waals surface area (Å²) in [5, 5.41) is 12.0. The molecule has 8 nitrogen and oxygen atoms in total. The zero-order chi connectivity index (χ0) is 30.0. The Morgan fingerprint density at radius 2 is 1.60 bits per heavy atom. The van der Waals surface area contributed by atoms with Gasteiger partial charge in [0.05, 0.1) is 46.9 Å². The Morgan fingerprint density at radius 1 is 0.929 bits per heavy atom. The van der Waals surface area contributed by atoms with Gasteiger partial charge in [0.1, 0.15) is 11.2 Å². The molecule has 1 unspecified atom stereocenters. The predicted octanol–water partition coefficient (Wildman–Crippen LogP) is 5.45. The number of hydrogen-bond acceptors (Lipinski definition) is 6. The lowest BCUT2D eigenvalue weighted by Gasteiger charge is -2.24. The smallest absolute Gasteiger partial charge is 0.338 e. The summed E-state index contributed by atoms with van der Waals surface area (Å²) < 4.78 is 10.5. The van der Waals surface area contributed by atoms with Crippen molar-refractivity contribution in [1.82, 2.24) is 9.97 Å². The minimum atomic E-state index is -0.548. The molecule has 0 amide bonds. The standard InChI is InChI=1S/C34H35N3O5/c1-6-41-33(39)24-14-10-22(11-15-24)26-17-16-25(36-26)18-27-31(38)30-29(23-12-8-21(9-13-23)19(3)4)28(34(40)42-7-2)20(5)35-32(30)37-27/h8-19,29,36,38H,6-7H2,1-5H3,(H,35,37). The topological polar surface area (TPSA) is 117 Å². The number of hydrogen-bond donors (Lipinski definition) is 3. The fourth-order valence-corrected chi connectivity index (χ4v) is 5.26. The number of nitrogens with zero attached hydrogens (tertiary/aromatic N) is 1. The summed E-state index contributed by atoms with van der Waals surface area (Å²) in [4.78, 5) is 36.4. The summed E-state index contributed by atoms with van der Waals surface area (Å²) in [5.41, 5.74) is 7.04. The van der Waals surface area contributed by atoms with E-state index in [1.165, 1.54) is 5.56 Å². The second kappa shape index (κ2) is 11.9. The third-order valence-electron chi connectivity index (χ3n) is 7.41. The molecule has 0 spiro atoms. The van der Waals surface area contributed by atoms with Crippen molar-refractivity contribution in [3.8, 4) is 17.0 Å². The maximum Gasteiger partial charge on any atom is 0.338 e. The summed E-state index contributed by atoms with van der Waals surface area (Å²) >= 11 is 0. The number of ether oxygens (including phenoxy) is 2. The molecule has 0 bridgehead atoms. The normalized spacial score (nSPS) is 15.0. The molecule has 2 aromatic heterocycles. The highest BCUT2D eigenvalue weighted by molar-refractivity contribution is 5.93. The van der Waals surface area contributed by atoms with Gasteiger partial charge in [-0.25, -0.2) is 14.6 Å². The summed E-state index contributed by atoms with van der Waals surface area (Å²) in [6.07, 6.45) is 1.80. The van der Waals surface area contributed by atoms with E-state index in [0.29, 0.717) is 45.8 Å². The van der Waals surface area contributed by atoms with Crippen molar-refractivity contribution in [2.24, 2.45) is 4.99 Å². The Bertz CT molecular complexity index is 1770. The summed E-state index contributed by atoms with van der Waals surface area (Å²) in [7, 11) is 0. The van der Waals surface area contributed by atoms with Crippen LogP contribution in [-0.4, -0.2) is 40.2 Å². The van der Waals surface area contributed by atoms with Gasteiger partial charge < -0.3 is 24.5 Å². The molecule has 4 aromatic rings. The summed E-state index contributed by atoms with van der Waals surface area (Å²) in [5.74, 6) is -0.965. The summed E-state index contributed by atoms with van der Waals surface area (Å²) in [6.45, 7) is 10.2. The van der Waals surface area contributed by atoms with Gasteiger partial charge in [0.15, 0.2) is 0 Å². The molecule has 42 heavy (non-hydrogen) atoms. The Labute approximate surface area is 244 Å². The van der Waals surface area contributed by atoms with E-state index >= 15 is 0 Å². The number of allylic oxidation sites excluding steroid dienone is 1. The van der Waals surface area contributed by atoms with Crippen LogP contribution in [0.25, 0.3) is 17.3 Å². The van der Waals surface area contributed by atoms with Crippen LogP contribution in [0.5, 0.6) is 5.75 Å². The number of carbonyl (C=O) groups is 2. The van der Waals surface area contributed by atoms with Gasteiger partial charge in [-0.1, -0.05) is 50.2 Å². The van der Waals surface area contributed by atoms with Crippen LogP contribution >= 0.6 is 0 Å². The lowest BCUT2D eigenvalue weighted by Crippen LogP contribution is -2.26. The van der Waals surface area contributed by atoms with E-state index in [1.807, 2.05) is 36.4 Å². The van der Waals surface area contributed by atoms with Crippen molar-refractivity contribution in [3.63, 3.8) is 0 Å². The van der Waals surface area contributed by atoms with Crippen LogP contribution in [0, 0.1) is 0 Å². The van der Waals surface area contributed by atoms with Crippen molar-refractivity contribution in [1.29, 1.82) is 0 Å². The van der Waals surface area contributed by atoms with Gasteiger partial charge in [0.2, 0.25) is 0 Å². The first kappa shape index (κ1) is 28.7. The van der Waals surface area contributed by atoms with Crippen molar-refractivity contribution in [3.05, 3.63) is 111 Å². The average molecular weight is 566 g/mol. The molecule has 0 saturated carbocycles. The number of rotatable bonds is 8. The number of fused-ring (bicyclic) bond motifs is 1. The molecule has 1 atom stereocenters. The minimum Gasteiger partial charge on any atom is -0.505 e. The zero-order valence-electron chi connectivity index (χ0n) is 24.4. The average Bonchev–Trinajstić information content (AvgIpc) is 3.57. The molecule has 3 N–H and O–H groups in total. The van der Waals surface area contributed by atoms with Gasteiger partial charge in [0.25, 0.3) is 0 Å². The molecule has 8 heteroatoms. The second-order valence-corrected chi connectivity index (χ2v) is 10.5. The largest absolute Gasteiger partial charge is 0.505 e. The number of esters is 2. The van der Waals surface area contributed by atoms with Crippen LogP contribution in [0.3, 0.4) is 0 Å². The van der Waals surface area contributed by atoms with Crippen molar-refractivity contribution in [2.75, 3.05) is 13.2 Å².